The van der Waals surface area contributed by atoms with Gasteiger partial charge in [0.15, 0.2) is 5.57 Å². The Morgan fingerprint density at radius 3 is 2.36 bits per heavy atom. The van der Waals surface area contributed by atoms with Crippen LogP contribution < -0.4 is 10.1 Å². The molecular weight excluding hydrogens is 329 g/mol. The van der Waals surface area contributed by atoms with Crippen molar-refractivity contribution >= 4 is 17.6 Å². The first-order valence-electron chi connectivity index (χ1n) is 8.15. The van der Waals surface area contributed by atoms with E-state index in [0.29, 0.717) is 11.4 Å². The summed E-state index contributed by atoms with van der Waals surface area (Å²) in [6.07, 6.45) is 2.70. The number of esters is 2. The Kier molecular flexibility index (Phi) is 5.66. The van der Waals surface area contributed by atoms with E-state index in [9.17, 15) is 14.0 Å². The van der Waals surface area contributed by atoms with Crippen molar-refractivity contribution in [1.82, 2.24) is 0 Å². The molecule has 0 saturated carbocycles. The lowest BCUT2D eigenvalue weighted by atomic mass is 10.2. The van der Waals surface area contributed by atoms with E-state index in [1.54, 1.807) is 0 Å². The number of halogens is 1. The molecular formula is C18H22FNO5. The Labute approximate surface area is 145 Å². The van der Waals surface area contributed by atoms with Gasteiger partial charge in [0.05, 0.1) is 11.8 Å². The summed E-state index contributed by atoms with van der Waals surface area (Å²) in [6.45, 7) is 6.90. The molecule has 1 aromatic carbocycles. The van der Waals surface area contributed by atoms with Crippen LogP contribution in [0.25, 0.3) is 0 Å². The Hall–Kier alpha value is -2.57. The highest BCUT2D eigenvalue weighted by Gasteiger charge is 2.39. The molecule has 1 aromatic rings. The summed E-state index contributed by atoms with van der Waals surface area (Å²) in [5.41, 5.74) is -0.0121. The lowest BCUT2D eigenvalue weighted by Gasteiger charge is -2.29. The second-order valence-corrected chi connectivity index (χ2v) is 6.08. The van der Waals surface area contributed by atoms with E-state index in [-0.39, 0.29) is 11.7 Å². The van der Waals surface area contributed by atoms with Gasteiger partial charge in [-0.05, 0) is 25.0 Å². The summed E-state index contributed by atoms with van der Waals surface area (Å²) in [5, 5.41) is 2.74. The van der Waals surface area contributed by atoms with Crippen LogP contribution in [0, 0.1) is 5.82 Å². The van der Waals surface area contributed by atoms with E-state index >= 15 is 0 Å². The van der Waals surface area contributed by atoms with E-state index < -0.39 is 23.5 Å². The maximum atomic E-state index is 13.6. The molecule has 0 atom stereocenters. The van der Waals surface area contributed by atoms with Crippen LogP contribution in [0.15, 0.2) is 30.0 Å². The summed E-state index contributed by atoms with van der Waals surface area (Å²) in [5.74, 6) is -2.99. The lowest BCUT2D eigenvalue weighted by molar-refractivity contribution is -0.222. The van der Waals surface area contributed by atoms with Crippen LogP contribution in [-0.4, -0.2) is 23.8 Å². The third kappa shape index (κ3) is 4.71. The number of hydrogen-bond acceptors (Lipinski definition) is 6. The van der Waals surface area contributed by atoms with Gasteiger partial charge in [0, 0.05) is 26.1 Å². The molecule has 7 heteroatoms. The molecule has 0 spiro atoms. The molecule has 0 unspecified atom stereocenters. The summed E-state index contributed by atoms with van der Waals surface area (Å²) in [7, 11) is 0. The summed E-state index contributed by atoms with van der Waals surface area (Å²) in [6, 6.07) is 4.00. The Morgan fingerprint density at radius 1 is 1.20 bits per heavy atom. The Bertz CT molecular complexity index is 673. The zero-order chi connectivity index (χ0) is 18.6. The van der Waals surface area contributed by atoms with E-state index in [1.807, 2.05) is 13.8 Å². The highest BCUT2D eigenvalue weighted by Crippen LogP contribution is 2.29. The van der Waals surface area contributed by atoms with Crippen molar-refractivity contribution in [2.24, 2.45) is 0 Å². The average molecular weight is 351 g/mol. The van der Waals surface area contributed by atoms with Gasteiger partial charge >= 0.3 is 11.9 Å². The molecule has 1 N–H and O–H groups in total. The third-order valence-corrected chi connectivity index (χ3v) is 3.63. The molecule has 0 bridgehead atoms. The number of carbonyl (C=O) groups excluding carboxylic acids is 2. The lowest BCUT2D eigenvalue weighted by Crippen LogP contribution is -2.42. The minimum atomic E-state index is -1.31. The third-order valence-electron chi connectivity index (χ3n) is 3.63. The smallest absolute Gasteiger partial charge is 0.350 e. The highest BCUT2D eigenvalue weighted by molar-refractivity contribution is 6.15. The van der Waals surface area contributed by atoms with Crippen LogP contribution in [0.5, 0.6) is 5.75 Å². The summed E-state index contributed by atoms with van der Waals surface area (Å²) >= 11 is 0. The number of benzene rings is 1. The zero-order valence-corrected chi connectivity index (χ0v) is 14.7. The normalized spacial score (nSPS) is 16.3. The van der Waals surface area contributed by atoms with Gasteiger partial charge in [-0.1, -0.05) is 13.8 Å². The van der Waals surface area contributed by atoms with Gasteiger partial charge < -0.3 is 19.5 Å². The molecule has 2 rings (SSSR count). The molecule has 1 fully saturated rings. The summed E-state index contributed by atoms with van der Waals surface area (Å²) in [4.78, 5) is 23.9. The first-order chi connectivity index (χ1) is 11.8. The van der Waals surface area contributed by atoms with Gasteiger partial charge in [-0.2, -0.15) is 0 Å². The van der Waals surface area contributed by atoms with Crippen molar-refractivity contribution < 1.29 is 28.2 Å². The zero-order valence-electron chi connectivity index (χ0n) is 14.7. The molecule has 1 heterocycles. The van der Waals surface area contributed by atoms with Crippen molar-refractivity contribution in [3.8, 4) is 5.75 Å². The molecule has 1 aliphatic rings. The van der Waals surface area contributed by atoms with Crippen molar-refractivity contribution in [2.45, 2.75) is 52.4 Å². The first kappa shape index (κ1) is 18.8. The number of ether oxygens (including phenoxy) is 3. The number of hydrogen-bond donors (Lipinski definition) is 1. The monoisotopic (exact) mass is 351 g/mol. The SMILES string of the molecule is CCC(CC)Oc1ccc(F)cc1NC=C1C(=O)OC(C)(C)OC1=O. The molecule has 1 saturated heterocycles. The van der Waals surface area contributed by atoms with Crippen molar-refractivity contribution in [3.63, 3.8) is 0 Å². The molecule has 0 radical (unpaired) electrons. The number of rotatable bonds is 6. The fraction of sp³-hybridized carbons (Fsp3) is 0.444. The minimum absolute atomic E-state index is 0.0240. The van der Waals surface area contributed by atoms with Crippen LogP contribution in [0.1, 0.15) is 40.5 Å². The molecule has 0 aliphatic carbocycles. The quantitative estimate of drug-likeness (QED) is 0.480. The molecule has 1 aliphatic heterocycles. The van der Waals surface area contributed by atoms with Gasteiger partial charge in [-0.15, -0.1) is 0 Å². The van der Waals surface area contributed by atoms with Crippen molar-refractivity contribution in [3.05, 3.63) is 35.8 Å². The van der Waals surface area contributed by atoms with Crippen LogP contribution >= 0.6 is 0 Å². The molecule has 6 nitrogen and oxygen atoms in total. The standard InChI is InChI=1S/C18H22FNO5/c1-5-12(6-2)23-15-8-7-11(19)9-14(15)20-10-13-16(21)24-18(3,4)25-17(13)22/h7-10,12,20H,5-6H2,1-4H3. The second-order valence-electron chi connectivity index (χ2n) is 6.08. The molecule has 0 amide bonds. The first-order valence-corrected chi connectivity index (χ1v) is 8.15. The van der Waals surface area contributed by atoms with E-state index in [2.05, 4.69) is 5.32 Å². The minimum Gasteiger partial charge on any atom is -0.488 e. The van der Waals surface area contributed by atoms with Gasteiger partial charge in [-0.3, -0.25) is 0 Å². The Balaban J connectivity index is 2.23. The number of cyclic esters (lactones) is 2. The largest absolute Gasteiger partial charge is 0.488 e. The fourth-order valence-corrected chi connectivity index (χ4v) is 2.28. The van der Waals surface area contributed by atoms with Gasteiger partial charge in [-0.25, -0.2) is 14.0 Å². The Morgan fingerprint density at radius 2 is 1.80 bits per heavy atom. The topological polar surface area (TPSA) is 73.9 Å². The van der Waals surface area contributed by atoms with Crippen LogP contribution in [0.3, 0.4) is 0 Å². The average Bonchev–Trinajstić information content (AvgIpc) is 2.52. The number of nitrogens with one attached hydrogen (secondary N) is 1. The maximum Gasteiger partial charge on any atom is 0.350 e. The van der Waals surface area contributed by atoms with Crippen LogP contribution in [0.4, 0.5) is 10.1 Å². The second kappa shape index (κ2) is 7.55. The number of anilines is 1. The molecule has 0 aromatic heterocycles. The van der Waals surface area contributed by atoms with E-state index in [4.69, 9.17) is 14.2 Å². The predicted octanol–water partition coefficient (Wildman–Crippen LogP) is 3.53. The number of carbonyl (C=O) groups is 2. The molecule has 136 valence electrons. The van der Waals surface area contributed by atoms with E-state index in [1.165, 1.54) is 32.0 Å². The van der Waals surface area contributed by atoms with Gasteiger partial charge in [0.1, 0.15) is 11.6 Å². The van der Waals surface area contributed by atoms with Crippen molar-refractivity contribution in [2.75, 3.05) is 5.32 Å². The predicted molar refractivity (Wildman–Crippen MR) is 89.4 cm³/mol. The van der Waals surface area contributed by atoms with Crippen molar-refractivity contribution in [1.29, 1.82) is 0 Å². The maximum absolute atomic E-state index is 13.6. The van der Waals surface area contributed by atoms with Crippen LogP contribution in [-0.2, 0) is 19.1 Å². The highest BCUT2D eigenvalue weighted by atomic mass is 19.1. The van der Waals surface area contributed by atoms with Gasteiger partial charge in [0.2, 0.25) is 0 Å². The van der Waals surface area contributed by atoms with E-state index in [0.717, 1.165) is 19.0 Å². The summed E-state index contributed by atoms with van der Waals surface area (Å²) < 4.78 is 29.4. The molecule has 25 heavy (non-hydrogen) atoms. The fourth-order valence-electron chi connectivity index (χ4n) is 2.28. The van der Waals surface area contributed by atoms with Gasteiger partial charge in [0.25, 0.3) is 5.79 Å². The van der Waals surface area contributed by atoms with Crippen LogP contribution in [0.2, 0.25) is 0 Å².